The Kier molecular flexibility index (Phi) is 7.60. The lowest BCUT2D eigenvalue weighted by atomic mass is 10.2. The van der Waals surface area contributed by atoms with Crippen molar-refractivity contribution in [3.63, 3.8) is 0 Å². The van der Waals surface area contributed by atoms with E-state index in [1.807, 2.05) is 7.05 Å². The Balaban J connectivity index is 2.56. The van der Waals surface area contributed by atoms with Gasteiger partial charge in [0.25, 0.3) is 0 Å². The van der Waals surface area contributed by atoms with Crippen molar-refractivity contribution >= 4 is 5.69 Å². The van der Waals surface area contributed by atoms with Crippen LogP contribution in [0.3, 0.4) is 0 Å². The van der Waals surface area contributed by atoms with E-state index < -0.39 is 4.92 Å². The summed E-state index contributed by atoms with van der Waals surface area (Å²) in [5.41, 5.74) is 0.952. The Labute approximate surface area is 118 Å². The van der Waals surface area contributed by atoms with Crippen LogP contribution in [0.5, 0.6) is 5.75 Å². The van der Waals surface area contributed by atoms with Gasteiger partial charge in [0.15, 0.2) is 5.75 Å². The summed E-state index contributed by atoms with van der Waals surface area (Å²) in [4.78, 5) is 10.5. The molecule has 0 unspecified atom stereocenters. The molecule has 0 radical (unpaired) electrons. The minimum atomic E-state index is -0.426. The van der Waals surface area contributed by atoms with Gasteiger partial charge in [0, 0.05) is 19.2 Å². The van der Waals surface area contributed by atoms with Crippen molar-refractivity contribution in [1.29, 1.82) is 0 Å². The van der Waals surface area contributed by atoms with E-state index in [0.29, 0.717) is 18.9 Å². The smallest absolute Gasteiger partial charge is 0.310 e. The summed E-state index contributed by atoms with van der Waals surface area (Å²) in [5.74, 6) is 0.324. The van der Waals surface area contributed by atoms with Gasteiger partial charge in [0.05, 0.1) is 11.5 Å². The number of aliphatic hydroxyl groups is 1. The summed E-state index contributed by atoms with van der Waals surface area (Å²) in [7, 11) is 1.82. The van der Waals surface area contributed by atoms with Crippen molar-refractivity contribution < 1.29 is 14.8 Å². The second-order valence-corrected chi connectivity index (χ2v) is 4.58. The third-order valence-corrected chi connectivity index (χ3v) is 2.91. The van der Waals surface area contributed by atoms with Gasteiger partial charge in [-0.3, -0.25) is 10.1 Å². The summed E-state index contributed by atoms with van der Waals surface area (Å²) in [5, 5.41) is 22.6. The molecule has 0 spiro atoms. The molecule has 1 aromatic carbocycles. The van der Waals surface area contributed by atoms with Crippen LogP contribution in [-0.2, 0) is 6.54 Å². The molecule has 0 fully saturated rings. The fraction of sp³-hybridized carbons (Fsp3) is 0.571. The van der Waals surface area contributed by atoms with E-state index in [0.717, 1.165) is 31.2 Å². The van der Waals surface area contributed by atoms with Gasteiger partial charge in [-0.05, 0) is 37.9 Å². The minimum absolute atomic E-state index is 0.000196. The maximum atomic E-state index is 10.9. The van der Waals surface area contributed by atoms with Gasteiger partial charge in [0.1, 0.15) is 0 Å². The number of unbranched alkanes of at least 4 members (excludes halogenated alkanes) is 3. The van der Waals surface area contributed by atoms with Crippen LogP contribution < -0.4 is 10.1 Å². The Bertz CT molecular complexity index is 424. The first-order chi connectivity index (χ1) is 9.69. The average Bonchev–Trinajstić information content (AvgIpc) is 2.43. The number of benzene rings is 1. The number of nitro benzene ring substituents is 1. The van der Waals surface area contributed by atoms with E-state index in [-0.39, 0.29) is 12.3 Å². The molecule has 0 amide bonds. The lowest BCUT2D eigenvalue weighted by Gasteiger charge is -2.08. The fourth-order valence-electron chi connectivity index (χ4n) is 1.89. The van der Waals surface area contributed by atoms with Crippen LogP contribution in [0.4, 0.5) is 5.69 Å². The predicted octanol–water partition coefficient (Wildman–Crippen LogP) is 2.25. The SMILES string of the molecule is CNCc1ccc([N+](=O)[O-])c(OCCCCCCO)c1. The molecule has 20 heavy (non-hydrogen) atoms. The van der Waals surface area contributed by atoms with E-state index in [4.69, 9.17) is 9.84 Å². The fourth-order valence-corrected chi connectivity index (χ4v) is 1.89. The number of aliphatic hydroxyl groups excluding tert-OH is 1. The van der Waals surface area contributed by atoms with Gasteiger partial charge >= 0.3 is 5.69 Å². The number of hydrogen-bond donors (Lipinski definition) is 2. The molecule has 0 aromatic heterocycles. The molecular formula is C14H22N2O4. The highest BCUT2D eigenvalue weighted by Gasteiger charge is 2.15. The first-order valence-electron chi connectivity index (χ1n) is 6.84. The van der Waals surface area contributed by atoms with Gasteiger partial charge in [-0.1, -0.05) is 12.5 Å². The summed E-state index contributed by atoms with van der Waals surface area (Å²) in [6.45, 7) is 1.30. The van der Waals surface area contributed by atoms with Crippen LogP contribution in [0, 0.1) is 10.1 Å². The Hall–Kier alpha value is -1.66. The number of hydrogen-bond acceptors (Lipinski definition) is 5. The molecule has 0 heterocycles. The molecule has 0 bridgehead atoms. The maximum absolute atomic E-state index is 10.9. The van der Waals surface area contributed by atoms with Gasteiger partial charge in [-0.2, -0.15) is 0 Å². The van der Waals surface area contributed by atoms with Crippen LogP contribution in [0.15, 0.2) is 18.2 Å². The van der Waals surface area contributed by atoms with E-state index in [1.165, 1.54) is 6.07 Å². The normalized spacial score (nSPS) is 10.5. The lowest BCUT2D eigenvalue weighted by molar-refractivity contribution is -0.385. The summed E-state index contributed by atoms with van der Waals surface area (Å²) < 4.78 is 5.53. The molecule has 112 valence electrons. The zero-order chi connectivity index (χ0) is 14.8. The van der Waals surface area contributed by atoms with Gasteiger partial charge < -0.3 is 15.2 Å². The number of nitrogens with zero attached hydrogens (tertiary/aromatic N) is 1. The topological polar surface area (TPSA) is 84.6 Å². The molecule has 1 rings (SSSR count). The molecule has 6 heteroatoms. The molecule has 6 nitrogen and oxygen atoms in total. The average molecular weight is 282 g/mol. The molecular weight excluding hydrogens is 260 g/mol. The first kappa shape index (κ1) is 16.4. The zero-order valence-electron chi connectivity index (χ0n) is 11.8. The van der Waals surface area contributed by atoms with Gasteiger partial charge in [-0.25, -0.2) is 0 Å². The van der Waals surface area contributed by atoms with Crippen LogP contribution >= 0.6 is 0 Å². The molecule has 0 aliphatic carbocycles. The Morgan fingerprint density at radius 2 is 2.05 bits per heavy atom. The summed E-state index contributed by atoms with van der Waals surface area (Å²) >= 11 is 0. The molecule has 0 atom stereocenters. The summed E-state index contributed by atoms with van der Waals surface area (Å²) in [6.07, 6.45) is 3.51. The second kappa shape index (κ2) is 9.28. The third kappa shape index (κ3) is 5.54. The Morgan fingerprint density at radius 3 is 2.70 bits per heavy atom. The molecule has 0 aliphatic heterocycles. The minimum Gasteiger partial charge on any atom is -0.487 e. The predicted molar refractivity (Wildman–Crippen MR) is 76.9 cm³/mol. The zero-order valence-corrected chi connectivity index (χ0v) is 11.8. The number of nitro groups is 1. The van der Waals surface area contributed by atoms with E-state index >= 15 is 0 Å². The van der Waals surface area contributed by atoms with Gasteiger partial charge in [0.2, 0.25) is 0 Å². The third-order valence-electron chi connectivity index (χ3n) is 2.91. The van der Waals surface area contributed by atoms with Crippen molar-refractivity contribution in [2.45, 2.75) is 32.2 Å². The molecule has 1 aromatic rings. The maximum Gasteiger partial charge on any atom is 0.310 e. The monoisotopic (exact) mass is 282 g/mol. The van der Waals surface area contributed by atoms with Crippen LogP contribution in [0.25, 0.3) is 0 Å². The van der Waals surface area contributed by atoms with E-state index in [1.54, 1.807) is 12.1 Å². The number of nitrogens with one attached hydrogen (secondary N) is 1. The van der Waals surface area contributed by atoms with Crippen molar-refractivity contribution in [2.75, 3.05) is 20.3 Å². The highest BCUT2D eigenvalue weighted by molar-refractivity contribution is 5.48. The van der Waals surface area contributed by atoms with Crippen LogP contribution in [0.1, 0.15) is 31.2 Å². The largest absolute Gasteiger partial charge is 0.487 e. The lowest BCUT2D eigenvalue weighted by Crippen LogP contribution is -2.06. The van der Waals surface area contributed by atoms with Crippen LogP contribution in [0.2, 0.25) is 0 Å². The van der Waals surface area contributed by atoms with E-state index in [2.05, 4.69) is 5.32 Å². The molecule has 2 N–H and O–H groups in total. The van der Waals surface area contributed by atoms with E-state index in [9.17, 15) is 10.1 Å². The molecule has 0 saturated heterocycles. The molecule has 0 aliphatic rings. The standard InChI is InChI=1S/C14H22N2O4/c1-15-11-12-6-7-13(16(18)19)14(10-12)20-9-5-3-2-4-8-17/h6-7,10,15,17H,2-5,8-9,11H2,1H3. The Morgan fingerprint density at radius 1 is 1.30 bits per heavy atom. The number of ether oxygens (including phenoxy) is 1. The van der Waals surface area contributed by atoms with Crippen molar-refractivity contribution in [3.8, 4) is 5.75 Å². The van der Waals surface area contributed by atoms with Gasteiger partial charge in [-0.15, -0.1) is 0 Å². The van der Waals surface area contributed by atoms with Crippen LogP contribution in [-0.4, -0.2) is 30.3 Å². The highest BCUT2D eigenvalue weighted by atomic mass is 16.6. The first-order valence-corrected chi connectivity index (χ1v) is 6.84. The second-order valence-electron chi connectivity index (χ2n) is 4.58. The van der Waals surface area contributed by atoms with Crippen molar-refractivity contribution in [1.82, 2.24) is 5.32 Å². The number of rotatable bonds is 10. The highest BCUT2D eigenvalue weighted by Crippen LogP contribution is 2.28. The van der Waals surface area contributed by atoms with Crippen molar-refractivity contribution in [2.24, 2.45) is 0 Å². The van der Waals surface area contributed by atoms with Crippen molar-refractivity contribution in [3.05, 3.63) is 33.9 Å². The summed E-state index contributed by atoms with van der Waals surface area (Å²) in [6, 6.07) is 4.92. The molecule has 0 saturated carbocycles. The quantitative estimate of drug-likeness (QED) is 0.390.